The van der Waals surface area contributed by atoms with Gasteiger partial charge in [0.05, 0.1) is 10.2 Å². The molecule has 0 unspecified atom stereocenters. The molecule has 2 aromatic carbocycles. The summed E-state index contributed by atoms with van der Waals surface area (Å²) in [5.41, 5.74) is 2.58. The van der Waals surface area contributed by atoms with Crippen molar-refractivity contribution in [2.75, 3.05) is 6.61 Å². The number of rotatable bonds is 8. The van der Waals surface area contributed by atoms with E-state index in [1.54, 1.807) is 12.1 Å². The van der Waals surface area contributed by atoms with Crippen molar-refractivity contribution in [3.05, 3.63) is 62.4 Å². The number of carbonyl (C=O) groups excluding carboxylic acids is 1. The van der Waals surface area contributed by atoms with Gasteiger partial charge in [0, 0.05) is 6.92 Å². The summed E-state index contributed by atoms with van der Waals surface area (Å²) in [5.74, 6) is -0.560. The molecule has 28 heavy (non-hydrogen) atoms. The van der Waals surface area contributed by atoms with Gasteiger partial charge in [-0.15, -0.1) is 0 Å². The predicted octanol–water partition coefficient (Wildman–Crippen LogP) is 4.14. The van der Waals surface area contributed by atoms with Gasteiger partial charge in [-0.1, -0.05) is 24.3 Å². The summed E-state index contributed by atoms with van der Waals surface area (Å²) in [5, 5.41) is 11.6. The van der Waals surface area contributed by atoms with Gasteiger partial charge in [-0.25, -0.2) is 4.79 Å². The van der Waals surface area contributed by atoms with Crippen LogP contribution in [-0.2, 0) is 16.2 Å². The maximum atomic E-state index is 11.4. The zero-order chi connectivity index (χ0) is 20.7. The highest BCUT2D eigenvalue weighted by molar-refractivity contribution is 14.1. The lowest BCUT2D eigenvalue weighted by Crippen LogP contribution is -2.24. The van der Waals surface area contributed by atoms with E-state index in [-0.39, 0.29) is 5.70 Å². The first-order valence-electron chi connectivity index (χ1n) is 8.68. The topological polar surface area (TPSA) is 84.9 Å². The van der Waals surface area contributed by atoms with E-state index in [2.05, 4.69) is 27.9 Å². The van der Waals surface area contributed by atoms with E-state index in [4.69, 9.17) is 9.47 Å². The second-order valence-corrected chi connectivity index (χ2v) is 7.18. The van der Waals surface area contributed by atoms with Gasteiger partial charge in [0.25, 0.3) is 0 Å². The molecule has 2 aromatic rings. The van der Waals surface area contributed by atoms with E-state index in [1.807, 2.05) is 38.1 Å². The molecular weight excluding hydrogens is 473 g/mol. The molecule has 0 heterocycles. The van der Waals surface area contributed by atoms with Gasteiger partial charge in [0.1, 0.15) is 12.3 Å². The summed E-state index contributed by atoms with van der Waals surface area (Å²) in [6.45, 7) is 5.97. The largest absolute Gasteiger partial charge is 0.490 e. The number of aliphatic carboxylic acids is 1. The number of aryl methyl sites for hydroxylation is 1. The fraction of sp³-hybridized carbons (Fsp3) is 0.238. The van der Waals surface area contributed by atoms with E-state index in [0.717, 1.165) is 14.7 Å². The number of benzene rings is 2. The zero-order valence-electron chi connectivity index (χ0n) is 15.9. The molecular formula is C21H22INO5. The SMILES string of the molecule is CCOc1cc(C=C(NC(C)=O)C(=O)O)cc(I)c1OCc1ccccc1C. The molecule has 0 aliphatic rings. The fourth-order valence-corrected chi connectivity index (χ4v) is 3.28. The van der Waals surface area contributed by atoms with Gasteiger partial charge in [0.15, 0.2) is 11.5 Å². The lowest BCUT2D eigenvalue weighted by Gasteiger charge is -2.16. The molecule has 0 fully saturated rings. The van der Waals surface area contributed by atoms with E-state index in [0.29, 0.717) is 30.3 Å². The Balaban J connectivity index is 2.36. The first-order valence-corrected chi connectivity index (χ1v) is 9.76. The third kappa shape index (κ3) is 5.98. The number of ether oxygens (including phenoxy) is 2. The highest BCUT2D eigenvalue weighted by atomic mass is 127. The third-order valence-corrected chi connectivity index (χ3v) is 4.62. The van der Waals surface area contributed by atoms with Crippen molar-refractivity contribution in [3.63, 3.8) is 0 Å². The Hall–Kier alpha value is -2.55. The maximum absolute atomic E-state index is 11.4. The molecule has 0 aromatic heterocycles. The number of carboxylic acids is 1. The minimum absolute atomic E-state index is 0.209. The summed E-state index contributed by atoms with van der Waals surface area (Å²) in [4.78, 5) is 22.6. The minimum atomic E-state index is -1.22. The molecule has 0 saturated carbocycles. The number of carboxylic acid groups (broad SMARTS) is 1. The Morgan fingerprint density at radius 1 is 1.21 bits per heavy atom. The number of carbonyl (C=O) groups is 2. The smallest absolute Gasteiger partial charge is 0.352 e. The van der Waals surface area contributed by atoms with E-state index < -0.39 is 11.9 Å². The molecule has 0 aliphatic heterocycles. The van der Waals surface area contributed by atoms with Crippen LogP contribution in [0.15, 0.2) is 42.1 Å². The summed E-state index contributed by atoms with van der Waals surface area (Å²) >= 11 is 2.12. The molecule has 0 saturated heterocycles. The molecule has 6 nitrogen and oxygen atoms in total. The summed E-state index contributed by atoms with van der Waals surface area (Å²) in [6, 6.07) is 11.4. The lowest BCUT2D eigenvalue weighted by molar-refractivity contribution is -0.134. The summed E-state index contributed by atoms with van der Waals surface area (Å²) < 4.78 is 12.5. The molecule has 2 rings (SSSR count). The normalized spacial score (nSPS) is 11.1. The lowest BCUT2D eigenvalue weighted by atomic mass is 10.1. The Kier molecular flexibility index (Phi) is 7.86. The van der Waals surface area contributed by atoms with Crippen LogP contribution in [0.5, 0.6) is 11.5 Å². The second kappa shape index (κ2) is 10.1. The van der Waals surface area contributed by atoms with E-state index >= 15 is 0 Å². The van der Waals surface area contributed by atoms with E-state index in [1.165, 1.54) is 13.0 Å². The van der Waals surface area contributed by atoms with Crippen molar-refractivity contribution in [1.82, 2.24) is 5.32 Å². The van der Waals surface area contributed by atoms with Gasteiger partial charge < -0.3 is 19.9 Å². The molecule has 1 amide bonds. The van der Waals surface area contributed by atoms with Crippen LogP contribution in [-0.4, -0.2) is 23.6 Å². The Morgan fingerprint density at radius 2 is 1.93 bits per heavy atom. The number of amides is 1. The number of halogens is 1. The third-order valence-electron chi connectivity index (χ3n) is 3.82. The molecule has 0 aliphatic carbocycles. The quantitative estimate of drug-likeness (QED) is 0.425. The van der Waals surface area contributed by atoms with Gasteiger partial charge >= 0.3 is 5.97 Å². The van der Waals surface area contributed by atoms with Gasteiger partial charge in [-0.2, -0.15) is 0 Å². The summed E-state index contributed by atoms with van der Waals surface area (Å²) in [7, 11) is 0. The van der Waals surface area contributed by atoms with Crippen molar-refractivity contribution in [2.24, 2.45) is 0 Å². The summed E-state index contributed by atoms with van der Waals surface area (Å²) in [6.07, 6.45) is 1.39. The van der Waals surface area contributed by atoms with Gasteiger partial charge in [0.2, 0.25) is 5.91 Å². The van der Waals surface area contributed by atoms with Crippen LogP contribution in [0, 0.1) is 10.5 Å². The van der Waals surface area contributed by atoms with Crippen LogP contribution in [0.3, 0.4) is 0 Å². The number of nitrogens with one attached hydrogen (secondary N) is 1. The average molecular weight is 495 g/mol. The van der Waals surface area contributed by atoms with Crippen molar-refractivity contribution in [2.45, 2.75) is 27.4 Å². The van der Waals surface area contributed by atoms with Crippen LogP contribution in [0.25, 0.3) is 6.08 Å². The molecule has 7 heteroatoms. The maximum Gasteiger partial charge on any atom is 0.352 e. The number of hydrogen-bond acceptors (Lipinski definition) is 4. The minimum Gasteiger partial charge on any atom is -0.490 e. The molecule has 0 atom stereocenters. The first kappa shape index (κ1) is 21.7. The Morgan fingerprint density at radius 3 is 2.54 bits per heavy atom. The Bertz CT molecular complexity index is 908. The van der Waals surface area contributed by atoms with Crippen molar-refractivity contribution in [1.29, 1.82) is 0 Å². The van der Waals surface area contributed by atoms with Crippen LogP contribution in [0.2, 0.25) is 0 Å². The average Bonchev–Trinajstić information content (AvgIpc) is 2.61. The fourth-order valence-electron chi connectivity index (χ4n) is 2.50. The van der Waals surface area contributed by atoms with Crippen molar-refractivity contribution in [3.8, 4) is 11.5 Å². The monoisotopic (exact) mass is 495 g/mol. The standard InChI is InChI=1S/C21H22INO5/c1-4-27-19-11-15(10-18(21(25)26)23-14(3)24)9-17(22)20(19)28-12-16-8-6-5-7-13(16)2/h5-11H,4,12H2,1-3H3,(H,23,24)(H,25,26). The molecule has 0 spiro atoms. The molecule has 0 radical (unpaired) electrons. The predicted molar refractivity (Wildman–Crippen MR) is 115 cm³/mol. The van der Waals surface area contributed by atoms with Crippen molar-refractivity contribution < 1.29 is 24.2 Å². The molecule has 148 valence electrons. The van der Waals surface area contributed by atoms with E-state index in [9.17, 15) is 14.7 Å². The van der Waals surface area contributed by atoms with Crippen molar-refractivity contribution >= 4 is 40.5 Å². The van der Waals surface area contributed by atoms with Gasteiger partial charge in [-0.05, 0) is 71.3 Å². The van der Waals surface area contributed by atoms with Crippen LogP contribution < -0.4 is 14.8 Å². The molecule has 0 bridgehead atoms. The van der Waals surface area contributed by atoms with Gasteiger partial charge in [-0.3, -0.25) is 4.79 Å². The van der Waals surface area contributed by atoms with Crippen LogP contribution in [0.4, 0.5) is 0 Å². The molecule has 2 N–H and O–H groups in total. The second-order valence-electron chi connectivity index (χ2n) is 6.02. The van der Waals surface area contributed by atoms with Crippen LogP contribution >= 0.6 is 22.6 Å². The van der Waals surface area contributed by atoms with Crippen LogP contribution in [0.1, 0.15) is 30.5 Å². The highest BCUT2D eigenvalue weighted by Gasteiger charge is 2.15. The Labute approximate surface area is 177 Å². The zero-order valence-corrected chi connectivity index (χ0v) is 18.1. The number of hydrogen-bond donors (Lipinski definition) is 2. The highest BCUT2D eigenvalue weighted by Crippen LogP contribution is 2.35. The first-order chi connectivity index (χ1) is 13.3.